The molecule has 0 amide bonds. The number of benzene rings is 1. The number of para-hydroxylation sites is 1. The fourth-order valence-electron chi connectivity index (χ4n) is 1.59. The van der Waals surface area contributed by atoms with Crippen molar-refractivity contribution in [1.29, 1.82) is 0 Å². The largest absolute Gasteiger partial charge is 0.371 e. The van der Waals surface area contributed by atoms with Crippen LogP contribution in [0.5, 0.6) is 0 Å². The van der Waals surface area contributed by atoms with Crippen molar-refractivity contribution >= 4 is 19.5 Å². The monoisotopic (exact) mass is 279 g/mol. The predicted molar refractivity (Wildman–Crippen MR) is 74.2 cm³/mol. The molecule has 0 aliphatic rings. The summed E-state index contributed by atoms with van der Waals surface area (Å²) in [5, 5.41) is 7.19. The maximum Gasteiger partial charge on any atom is 0.349 e. The van der Waals surface area contributed by atoms with E-state index in [9.17, 15) is 4.57 Å². The minimum Gasteiger partial charge on any atom is -0.371 e. The lowest BCUT2D eigenvalue weighted by atomic mass is 10.3. The standard InChI is InChI=1S/C12H14N3O3P/c1-13-12-10(7-8-19(16,17)18)9-15(14-12)11-5-3-2-4-6-11/h2-9H,1H3,(H,13,14)(H2,16,17,18). The SMILES string of the molecule is CNc1nn(-c2ccccc2)cc1C=CP(=O)(O)O. The fraction of sp³-hybridized carbons (Fsp3) is 0.0833. The van der Waals surface area contributed by atoms with E-state index in [-0.39, 0.29) is 0 Å². The molecule has 100 valence electrons. The van der Waals surface area contributed by atoms with Gasteiger partial charge in [-0.1, -0.05) is 18.2 Å². The molecule has 0 unspecified atom stereocenters. The van der Waals surface area contributed by atoms with E-state index >= 15 is 0 Å². The lowest BCUT2D eigenvalue weighted by molar-refractivity contribution is 0.386. The smallest absolute Gasteiger partial charge is 0.349 e. The first-order chi connectivity index (χ1) is 8.99. The van der Waals surface area contributed by atoms with E-state index in [0.717, 1.165) is 11.5 Å². The van der Waals surface area contributed by atoms with Crippen LogP contribution in [0.15, 0.2) is 42.3 Å². The number of anilines is 1. The Bertz CT molecular complexity index is 631. The summed E-state index contributed by atoms with van der Waals surface area (Å²) in [6, 6.07) is 9.47. The Morgan fingerprint density at radius 2 is 2.00 bits per heavy atom. The minimum absolute atomic E-state index is 0.550. The normalized spacial score (nSPS) is 11.9. The molecule has 2 aromatic rings. The van der Waals surface area contributed by atoms with Gasteiger partial charge in [0, 0.05) is 24.6 Å². The molecule has 0 aliphatic carbocycles. The second-order valence-electron chi connectivity index (χ2n) is 3.87. The zero-order valence-corrected chi connectivity index (χ0v) is 11.2. The Morgan fingerprint density at radius 1 is 1.32 bits per heavy atom. The van der Waals surface area contributed by atoms with Crippen LogP contribution >= 0.6 is 7.60 Å². The molecule has 0 aliphatic heterocycles. The number of nitrogens with zero attached hydrogens (tertiary/aromatic N) is 2. The highest BCUT2D eigenvalue weighted by atomic mass is 31.2. The van der Waals surface area contributed by atoms with Crippen LogP contribution in [0.25, 0.3) is 11.8 Å². The third-order valence-corrected chi connectivity index (χ3v) is 2.99. The summed E-state index contributed by atoms with van der Waals surface area (Å²) in [5.74, 6) is 1.41. The summed E-state index contributed by atoms with van der Waals surface area (Å²) >= 11 is 0. The van der Waals surface area contributed by atoms with Gasteiger partial charge >= 0.3 is 7.60 Å². The van der Waals surface area contributed by atoms with Crippen molar-refractivity contribution < 1.29 is 14.4 Å². The maximum atomic E-state index is 10.8. The summed E-state index contributed by atoms with van der Waals surface area (Å²) in [5.41, 5.74) is 1.48. The van der Waals surface area contributed by atoms with E-state index in [4.69, 9.17) is 9.79 Å². The average Bonchev–Trinajstić information content (AvgIpc) is 2.80. The molecule has 6 nitrogen and oxygen atoms in total. The number of aromatic nitrogens is 2. The molecule has 0 spiro atoms. The van der Waals surface area contributed by atoms with Crippen LogP contribution in [-0.2, 0) is 4.57 Å². The summed E-state index contributed by atoms with van der Waals surface area (Å²) in [6.07, 6.45) is 3.06. The maximum absolute atomic E-state index is 10.8. The van der Waals surface area contributed by atoms with Crippen LogP contribution in [0.2, 0.25) is 0 Å². The van der Waals surface area contributed by atoms with E-state index in [2.05, 4.69) is 10.4 Å². The lowest BCUT2D eigenvalue weighted by Gasteiger charge is -1.98. The van der Waals surface area contributed by atoms with Gasteiger partial charge in [-0.05, 0) is 18.2 Å². The molecule has 0 bridgehead atoms. The van der Waals surface area contributed by atoms with Crippen LogP contribution in [-0.4, -0.2) is 26.6 Å². The lowest BCUT2D eigenvalue weighted by Crippen LogP contribution is -1.95. The summed E-state index contributed by atoms with van der Waals surface area (Å²) < 4.78 is 12.5. The van der Waals surface area contributed by atoms with Gasteiger partial charge in [-0.3, -0.25) is 4.57 Å². The quantitative estimate of drug-likeness (QED) is 0.746. The molecule has 19 heavy (non-hydrogen) atoms. The molecule has 0 saturated heterocycles. The topological polar surface area (TPSA) is 87.4 Å². The van der Waals surface area contributed by atoms with Crippen molar-refractivity contribution in [2.45, 2.75) is 0 Å². The van der Waals surface area contributed by atoms with Gasteiger partial charge in [-0.25, -0.2) is 4.68 Å². The molecule has 0 fully saturated rings. The van der Waals surface area contributed by atoms with E-state index in [1.54, 1.807) is 17.9 Å². The van der Waals surface area contributed by atoms with Crippen molar-refractivity contribution in [2.75, 3.05) is 12.4 Å². The van der Waals surface area contributed by atoms with Gasteiger partial charge in [-0.2, -0.15) is 0 Å². The van der Waals surface area contributed by atoms with Crippen LogP contribution < -0.4 is 5.32 Å². The summed E-state index contributed by atoms with van der Waals surface area (Å²) in [7, 11) is -2.47. The van der Waals surface area contributed by atoms with E-state index in [1.807, 2.05) is 30.3 Å². The number of rotatable bonds is 4. The second kappa shape index (κ2) is 5.40. The molecule has 0 atom stereocenters. The molecule has 1 heterocycles. The molecule has 1 aromatic carbocycles. The number of hydrogen-bond donors (Lipinski definition) is 3. The van der Waals surface area contributed by atoms with Crippen LogP contribution in [0.4, 0.5) is 5.82 Å². The van der Waals surface area contributed by atoms with Crippen molar-refractivity contribution in [3.63, 3.8) is 0 Å². The van der Waals surface area contributed by atoms with Crippen LogP contribution in [0.3, 0.4) is 0 Å². The highest BCUT2D eigenvalue weighted by molar-refractivity contribution is 7.55. The van der Waals surface area contributed by atoms with Gasteiger partial charge < -0.3 is 15.1 Å². The van der Waals surface area contributed by atoms with Crippen LogP contribution in [0.1, 0.15) is 5.56 Å². The Kier molecular flexibility index (Phi) is 3.85. The third-order valence-electron chi connectivity index (χ3n) is 2.45. The van der Waals surface area contributed by atoms with E-state index in [0.29, 0.717) is 11.4 Å². The number of hydrogen-bond acceptors (Lipinski definition) is 3. The van der Waals surface area contributed by atoms with E-state index in [1.165, 1.54) is 6.08 Å². The predicted octanol–water partition coefficient (Wildman–Crippen LogP) is 2.06. The Hall–Kier alpha value is -1.88. The van der Waals surface area contributed by atoms with Gasteiger partial charge in [-0.15, -0.1) is 5.10 Å². The molecule has 0 radical (unpaired) electrons. The highest BCUT2D eigenvalue weighted by Gasteiger charge is 2.10. The third kappa shape index (κ3) is 3.54. The van der Waals surface area contributed by atoms with Gasteiger partial charge in [0.1, 0.15) is 0 Å². The van der Waals surface area contributed by atoms with Gasteiger partial charge in [0.15, 0.2) is 5.82 Å². The molecular formula is C12H14N3O3P. The summed E-state index contributed by atoms with van der Waals surface area (Å²) in [6.45, 7) is 0. The molecule has 3 N–H and O–H groups in total. The van der Waals surface area contributed by atoms with Crippen molar-refractivity contribution in [3.05, 3.63) is 47.9 Å². The summed E-state index contributed by atoms with van der Waals surface area (Å²) in [4.78, 5) is 17.7. The van der Waals surface area contributed by atoms with Gasteiger partial charge in [0.25, 0.3) is 0 Å². The molecule has 1 aromatic heterocycles. The zero-order valence-electron chi connectivity index (χ0n) is 10.3. The second-order valence-corrected chi connectivity index (χ2v) is 5.34. The Labute approximate surface area is 110 Å². The fourth-order valence-corrected chi connectivity index (χ4v) is 1.95. The molecule has 0 saturated carbocycles. The van der Waals surface area contributed by atoms with Crippen molar-refractivity contribution in [2.24, 2.45) is 0 Å². The van der Waals surface area contributed by atoms with E-state index < -0.39 is 7.60 Å². The first-order valence-corrected chi connectivity index (χ1v) is 7.25. The van der Waals surface area contributed by atoms with Gasteiger partial charge in [0.05, 0.1) is 5.69 Å². The van der Waals surface area contributed by atoms with Gasteiger partial charge in [0.2, 0.25) is 0 Å². The molecular weight excluding hydrogens is 265 g/mol. The first kappa shape index (κ1) is 13.5. The average molecular weight is 279 g/mol. The van der Waals surface area contributed by atoms with Crippen LogP contribution in [0, 0.1) is 0 Å². The molecule has 2 rings (SSSR count). The molecule has 7 heteroatoms. The Balaban J connectivity index is 2.38. The minimum atomic E-state index is -4.17. The number of nitrogens with one attached hydrogen (secondary N) is 1. The van der Waals surface area contributed by atoms with Crippen molar-refractivity contribution in [3.8, 4) is 5.69 Å². The van der Waals surface area contributed by atoms with Crippen molar-refractivity contribution in [1.82, 2.24) is 9.78 Å². The highest BCUT2D eigenvalue weighted by Crippen LogP contribution is 2.37. The Morgan fingerprint density at radius 3 is 2.58 bits per heavy atom. The first-order valence-electron chi connectivity index (χ1n) is 5.57. The zero-order chi connectivity index (χ0) is 13.9.